The largest absolute Gasteiger partial charge is 0.346 e. The fraction of sp³-hybridized carbons (Fsp3) is 0.929. The highest BCUT2D eigenvalue weighted by atomic mass is 16.2. The Morgan fingerprint density at radius 2 is 1.69 bits per heavy atom. The zero-order valence-electron chi connectivity index (χ0n) is 11.8. The molecule has 2 heteroatoms. The average molecular weight is 227 g/mol. The predicted octanol–water partition coefficient (Wildman–Crippen LogP) is 3.85. The maximum atomic E-state index is 11.0. The molecule has 0 aliphatic heterocycles. The van der Waals surface area contributed by atoms with Gasteiger partial charge >= 0.3 is 0 Å². The first-order valence-electron chi connectivity index (χ1n) is 6.61. The van der Waals surface area contributed by atoms with E-state index in [1.165, 1.54) is 32.1 Å². The van der Waals surface area contributed by atoms with Crippen molar-refractivity contribution in [2.45, 2.75) is 66.2 Å². The zero-order valence-corrected chi connectivity index (χ0v) is 11.8. The summed E-state index contributed by atoms with van der Waals surface area (Å²) in [6.45, 7) is 9.49. The maximum Gasteiger partial charge on any atom is 0.219 e. The molecule has 0 radical (unpaired) electrons. The average Bonchev–Trinajstić information content (AvgIpc) is 2.22. The van der Waals surface area contributed by atoms with Crippen LogP contribution in [0.2, 0.25) is 0 Å². The smallest absolute Gasteiger partial charge is 0.219 e. The summed E-state index contributed by atoms with van der Waals surface area (Å²) in [4.78, 5) is 12.8. The number of rotatable bonds is 8. The van der Waals surface area contributed by atoms with Gasteiger partial charge in [-0.2, -0.15) is 0 Å². The van der Waals surface area contributed by atoms with Crippen molar-refractivity contribution in [2.24, 2.45) is 5.41 Å². The monoisotopic (exact) mass is 227 g/mol. The van der Waals surface area contributed by atoms with Gasteiger partial charge in [-0.05, 0) is 18.3 Å². The van der Waals surface area contributed by atoms with Gasteiger partial charge in [-0.15, -0.1) is 0 Å². The van der Waals surface area contributed by atoms with Crippen LogP contribution in [0.3, 0.4) is 0 Å². The van der Waals surface area contributed by atoms with E-state index in [1.54, 1.807) is 11.8 Å². The molecule has 0 saturated heterocycles. The van der Waals surface area contributed by atoms with E-state index in [2.05, 4.69) is 20.8 Å². The van der Waals surface area contributed by atoms with Crippen LogP contribution < -0.4 is 0 Å². The summed E-state index contributed by atoms with van der Waals surface area (Å²) in [6.07, 6.45) is 7.60. The second-order valence-electron chi connectivity index (χ2n) is 5.62. The molecule has 96 valence electrons. The van der Waals surface area contributed by atoms with Gasteiger partial charge in [0.15, 0.2) is 0 Å². The van der Waals surface area contributed by atoms with Crippen LogP contribution in [-0.2, 0) is 4.79 Å². The second kappa shape index (κ2) is 7.70. The lowest BCUT2D eigenvalue weighted by Crippen LogP contribution is -2.24. The predicted molar refractivity (Wildman–Crippen MR) is 70.5 cm³/mol. The van der Waals surface area contributed by atoms with E-state index < -0.39 is 0 Å². The van der Waals surface area contributed by atoms with Crippen LogP contribution in [0.25, 0.3) is 0 Å². The Balaban J connectivity index is 3.38. The van der Waals surface area contributed by atoms with Crippen LogP contribution in [0, 0.1) is 5.41 Å². The molecule has 0 saturated carbocycles. The molecule has 0 rings (SSSR count). The summed E-state index contributed by atoms with van der Waals surface area (Å²) < 4.78 is 0. The molecule has 0 aliphatic rings. The highest BCUT2D eigenvalue weighted by Gasteiger charge is 2.13. The van der Waals surface area contributed by atoms with Gasteiger partial charge in [-0.1, -0.05) is 46.5 Å². The van der Waals surface area contributed by atoms with Gasteiger partial charge in [-0.25, -0.2) is 0 Å². The minimum Gasteiger partial charge on any atom is -0.346 e. The van der Waals surface area contributed by atoms with Crippen molar-refractivity contribution in [3.63, 3.8) is 0 Å². The molecule has 0 aromatic heterocycles. The van der Waals surface area contributed by atoms with Gasteiger partial charge in [-0.3, -0.25) is 4.79 Å². The normalized spacial score (nSPS) is 11.6. The van der Waals surface area contributed by atoms with Crippen molar-refractivity contribution in [2.75, 3.05) is 13.6 Å². The summed E-state index contributed by atoms with van der Waals surface area (Å²) in [5.41, 5.74) is 0.510. The number of nitrogens with zero attached hydrogens (tertiary/aromatic N) is 1. The summed E-state index contributed by atoms with van der Waals surface area (Å²) >= 11 is 0. The number of carbonyl (C=O) groups excluding carboxylic acids is 1. The molecule has 0 heterocycles. The topological polar surface area (TPSA) is 20.3 Å². The fourth-order valence-corrected chi connectivity index (χ4v) is 1.64. The van der Waals surface area contributed by atoms with Crippen molar-refractivity contribution >= 4 is 5.91 Å². The van der Waals surface area contributed by atoms with Crippen molar-refractivity contribution in [3.05, 3.63) is 0 Å². The molecule has 0 N–H and O–H groups in total. The van der Waals surface area contributed by atoms with Gasteiger partial charge in [0.25, 0.3) is 0 Å². The molecule has 0 fully saturated rings. The van der Waals surface area contributed by atoms with Crippen LogP contribution in [0.1, 0.15) is 66.2 Å². The molecule has 1 amide bonds. The first kappa shape index (κ1) is 15.5. The van der Waals surface area contributed by atoms with Crippen molar-refractivity contribution in [3.8, 4) is 0 Å². The molecule has 0 aromatic rings. The molecule has 0 bridgehead atoms. The summed E-state index contributed by atoms with van der Waals surface area (Å²) in [5, 5.41) is 0. The fourth-order valence-electron chi connectivity index (χ4n) is 1.64. The lowest BCUT2D eigenvalue weighted by atomic mass is 9.84. The second-order valence-corrected chi connectivity index (χ2v) is 5.62. The van der Waals surface area contributed by atoms with Gasteiger partial charge in [0.05, 0.1) is 0 Å². The van der Waals surface area contributed by atoms with E-state index in [9.17, 15) is 4.79 Å². The molecular formula is C14H29NO. The van der Waals surface area contributed by atoms with E-state index in [0.717, 1.165) is 13.0 Å². The lowest BCUT2D eigenvalue weighted by molar-refractivity contribution is -0.127. The van der Waals surface area contributed by atoms with Crippen LogP contribution in [0.5, 0.6) is 0 Å². The summed E-state index contributed by atoms with van der Waals surface area (Å²) in [6, 6.07) is 0. The molecule has 0 spiro atoms. The Kier molecular flexibility index (Phi) is 7.44. The third-order valence-electron chi connectivity index (χ3n) is 3.59. The van der Waals surface area contributed by atoms with Gasteiger partial charge in [0.1, 0.15) is 0 Å². The SMILES string of the molecule is CCC(C)(C)CCCCCCN(C)C(C)=O. The number of hydrogen-bond donors (Lipinski definition) is 0. The molecule has 2 nitrogen and oxygen atoms in total. The number of hydrogen-bond acceptors (Lipinski definition) is 1. The number of carbonyl (C=O) groups is 1. The number of unbranched alkanes of at least 4 members (excludes halogenated alkanes) is 3. The minimum absolute atomic E-state index is 0.173. The Morgan fingerprint density at radius 1 is 1.12 bits per heavy atom. The standard InChI is InChI=1S/C14H29NO/c1-6-14(3,4)11-9-7-8-10-12-15(5)13(2)16/h6-12H2,1-5H3. The van der Waals surface area contributed by atoms with Crippen molar-refractivity contribution in [1.29, 1.82) is 0 Å². The summed E-state index contributed by atoms with van der Waals surface area (Å²) in [5.74, 6) is 0.173. The third kappa shape index (κ3) is 7.72. The molecule has 16 heavy (non-hydrogen) atoms. The molecule has 0 aliphatic carbocycles. The molecule has 0 unspecified atom stereocenters. The third-order valence-corrected chi connectivity index (χ3v) is 3.59. The van der Waals surface area contributed by atoms with Gasteiger partial charge in [0.2, 0.25) is 5.91 Å². The Morgan fingerprint density at radius 3 is 2.19 bits per heavy atom. The quantitative estimate of drug-likeness (QED) is 0.577. The van der Waals surface area contributed by atoms with Crippen molar-refractivity contribution in [1.82, 2.24) is 4.90 Å². The van der Waals surface area contributed by atoms with Crippen LogP contribution >= 0.6 is 0 Å². The maximum absolute atomic E-state index is 11.0. The Hall–Kier alpha value is -0.530. The summed E-state index contributed by atoms with van der Waals surface area (Å²) in [7, 11) is 1.88. The van der Waals surface area contributed by atoms with Gasteiger partial charge in [0, 0.05) is 20.5 Å². The first-order chi connectivity index (χ1) is 7.39. The molecule has 0 atom stereocenters. The molecular weight excluding hydrogens is 198 g/mol. The first-order valence-corrected chi connectivity index (χ1v) is 6.61. The van der Waals surface area contributed by atoms with Crippen LogP contribution in [0.15, 0.2) is 0 Å². The van der Waals surface area contributed by atoms with E-state index in [4.69, 9.17) is 0 Å². The van der Waals surface area contributed by atoms with Crippen molar-refractivity contribution < 1.29 is 4.79 Å². The molecule has 0 aromatic carbocycles. The van der Waals surface area contributed by atoms with E-state index in [1.807, 2.05) is 7.05 Å². The van der Waals surface area contributed by atoms with E-state index in [0.29, 0.717) is 5.41 Å². The van der Waals surface area contributed by atoms with Crippen LogP contribution in [0.4, 0.5) is 0 Å². The highest BCUT2D eigenvalue weighted by molar-refractivity contribution is 5.72. The van der Waals surface area contributed by atoms with E-state index in [-0.39, 0.29) is 5.91 Å². The minimum atomic E-state index is 0.173. The number of amides is 1. The van der Waals surface area contributed by atoms with E-state index >= 15 is 0 Å². The van der Waals surface area contributed by atoms with Gasteiger partial charge < -0.3 is 4.90 Å². The lowest BCUT2D eigenvalue weighted by Gasteiger charge is -2.22. The highest BCUT2D eigenvalue weighted by Crippen LogP contribution is 2.27. The Bertz CT molecular complexity index is 199. The Labute approximate surface area is 101 Å². The zero-order chi connectivity index (χ0) is 12.6. The van der Waals surface area contributed by atoms with Crippen LogP contribution in [-0.4, -0.2) is 24.4 Å².